The third kappa shape index (κ3) is 3.66. The van der Waals surface area contributed by atoms with Crippen LogP contribution in [0, 0.1) is 0 Å². The molecule has 0 aliphatic carbocycles. The number of carbonyl (C=O) groups excluding carboxylic acids is 1. The molecule has 3 aromatic rings. The van der Waals surface area contributed by atoms with E-state index in [0.29, 0.717) is 24.6 Å². The van der Waals surface area contributed by atoms with Gasteiger partial charge >= 0.3 is 0 Å². The van der Waals surface area contributed by atoms with E-state index < -0.39 is 9.84 Å². The molecule has 0 spiro atoms. The summed E-state index contributed by atoms with van der Waals surface area (Å²) in [5.41, 5.74) is 3.73. The fraction of sp³-hybridized carbons (Fsp3) is 0.381. The molecule has 1 atom stereocenters. The average Bonchev–Trinajstić information content (AvgIpc) is 3.38. The molecule has 9 nitrogen and oxygen atoms in total. The lowest BCUT2D eigenvalue weighted by Crippen LogP contribution is -2.35. The third-order valence-corrected chi connectivity index (χ3v) is 6.93. The summed E-state index contributed by atoms with van der Waals surface area (Å²) in [5.74, 6) is -0.219. The van der Waals surface area contributed by atoms with Crippen molar-refractivity contribution in [3.8, 4) is 5.69 Å². The molecule has 0 radical (unpaired) electrons. The van der Waals surface area contributed by atoms with Crippen LogP contribution in [0.15, 0.2) is 41.7 Å². The number of sulfone groups is 1. The molecule has 1 aromatic carbocycles. The number of ether oxygens (including phenoxy) is 1. The zero-order chi connectivity index (χ0) is 21.6. The molecule has 0 saturated carbocycles. The van der Waals surface area contributed by atoms with Gasteiger partial charge in [-0.2, -0.15) is 5.10 Å². The van der Waals surface area contributed by atoms with E-state index in [-0.39, 0.29) is 16.8 Å². The van der Waals surface area contributed by atoms with E-state index in [2.05, 4.69) is 15.4 Å². The van der Waals surface area contributed by atoms with Crippen LogP contribution in [0.4, 0.5) is 0 Å². The van der Waals surface area contributed by atoms with Gasteiger partial charge in [0, 0.05) is 18.4 Å². The quantitative estimate of drug-likeness (QED) is 0.662. The van der Waals surface area contributed by atoms with Crippen molar-refractivity contribution in [2.24, 2.45) is 0 Å². The molecule has 10 heteroatoms. The third-order valence-electron chi connectivity index (χ3n) is 5.82. The van der Waals surface area contributed by atoms with Crippen molar-refractivity contribution in [2.75, 3.05) is 12.9 Å². The minimum Gasteiger partial charge on any atom is -0.373 e. The smallest absolute Gasteiger partial charge is 0.272 e. The summed E-state index contributed by atoms with van der Waals surface area (Å²) in [4.78, 5) is 17.5. The average molecular weight is 442 g/mol. The number of rotatable bonds is 4. The summed E-state index contributed by atoms with van der Waals surface area (Å²) >= 11 is 0. The predicted molar refractivity (Wildman–Crippen MR) is 112 cm³/mol. The maximum Gasteiger partial charge on any atom is 0.272 e. The topological polar surface area (TPSA) is 108 Å². The molecule has 1 N–H and O–H groups in total. The van der Waals surface area contributed by atoms with Crippen molar-refractivity contribution in [3.63, 3.8) is 0 Å². The van der Waals surface area contributed by atoms with Gasteiger partial charge in [-0.05, 0) is 37.5 Å². The first-order valence-corrected chi connectivity index (χ1v) is 12.1. The number of carbonyl (C=O) groups is 1. The van der Waals surface area contributed by atoms with Gasteiger partial charge in [0.1, 0.15) is 5.69 Å². The van der Waals surface area contributed by atoms with Crippen molar-refractivity contribution in [3.05, 3.63) is 59.4 Å². The number of hydrogen-bond acceptors (Lipinski definition) is 6. The van der Waals surface area contributed by atoms with Crippen LogP contribution in [0.5, 0.6) is 0 Å². The Hall–Kier alpha value is -2.98. The van der Waals surface area contributed by atoms with Gasteiger partial charge < -0.3 is 14.6 Å². The first kappa shape index (κ1) is 20.0. The summed E-state index contributed by atoms with van der Waals surface area (Å²) in [5, 5.41) is 7.49. The molecule has 1 unspecified atom stereocenters. The first-order chi connectivity index (χ1) is 14.9. The molecule has 31 heavy (non-hydrogen) atoms. The molecule has 4 heterocycles. The molecule has 5 rings (SSSR count). The molecule has 162 valence electrons. The number of nitrogens with one attached hydrogen (secondary N) is 1. The Bertz CT molecular complexity index is 1260. The van der Waals surface area contributed by atoms with Crippen molar-refractivity contribution >= 4 is 15.7 Å². The summed E-state index contributed by atoms with van der Waals surface area (Å²) in [6, 6.07) is 6.26. The second kappa shape index (κ2) is 7.61. The lowest BCUT2D eigenvalue weighted by Gasteiger charge is -2.24. The zero-order valence-corrected chi connectivity index (χ0v) is 17.9. The Morgan fingerprint density at radius 1 is 1.26 bits per heavy atom. The van der Waals surface area contributed by atoms with Crippen LogP contribution in [-0.4, -0.2) is 46.5 Å². The molecular weight excluding hydrogens is 418 g/mol. The standard InChI is InChI=1S/C21H23N5O4S/c1-31(28,29)15-6-4-5-14(9-15)26-19-12-30-11-17(16(19)10-23-26)24-21(27)20-18-7-2-3-8-25(18)13-22-20/h4-6,9-10,13,17H,2-3,7-8,11-12H2,1H3,(H,24,27). The number of hydrogen-bond donors (Lipinski definition) is 1. The van der Waals surface area contributed by atoms with Crippen LogP contribution < -0.4 is 5.32 Å². The number of fused-ring (bicyclic) bond motifs is 2. The van der Waals surface area contributed by atoms with E-state index in [1.54, 1.807) is 41.5 Å². The van der Waals surface area contributed by atoms with Gasteiger partial charge in [-0.25, -0.2) is 18.1 Å². The van der Waals surface area contributed by atoms with E-state index >= 15 is 0 Å². The van der Waals surface area contributed by atoms with E-state index in [9.17, 15) is 13.2 Å². The number of nitrogens with zero attached hydrogens (tertiary/aromatic N) is 4. The highest BCUT2D eigenvalue weighted by Crippen LogP contribution is 2.28. The molecule has 0 saturated heterocycles. The number of amides is 1. The highest BCUT2D eigenvalue weighted by atomic mass is 32.2. The van der Waals surface area contributed by atoms with Crippen molar-refractivity contribution in [2.45, 2.75) is 43.4 Å². The van der Waals surface area contributed by atoms with Gasteiger partial charge in [0.05, 0.1) is 53.8 Å². The second-order valence-corrected chi connectivity index (χ2v) is 9.98. The van der Waals surface area contributed by atoms with Crippen LogP contribution in [0.1, 0.15) is 46.3 Å². The maximum absolute atomic E-state index is 13.0. The van der Waals surface area contributed by atoms with Crippen molar-refractivity contribution < 1.29 is 17.9 Å². The first-order valence-electron chi connectivity index (χ1n) is 10.2. The molecule has 2 aliphatic rings. The highest BCUT2D eigenvalue weighted by Gasteiger charge is 2.29. The summed E-state index contributed by atoms with van der Waals surface area (Å²) in [6.07, 6.45) is 7.63. The molecular formula is C21H23N5O4S. The number of aryl methyl sites for hydroxylation is 1. The van der Waals surface area contributed by atoms with Crippen LogP contribution >= 0.6 is 0 Å². The van der Waals surface area contributed by atoms with E-state index in [0.717, 1.165) is 42.8 Å². The molecule has 2 aromatic heterocycles. The molecule has 1 amide bonds. The van der Waals surface area contributed by atoms with E-state index in [4.69, 9.17) is 4.74 Å². The van der Waals surface area contributed by atoms with Gasteiger partial charge in [0.2, 0.25) is 0 Å². The SMILES string of the molecule is CS(=O)(=O)c1cccc(-n2ncc3c2COCC3NC(=O)c2ncn3c2CCCC3)c1. The minimum atomic E-state index is -3.34. The van der Waals surface area contributed by atoms with Gasteiger partial charge in [-0.1, -0.05) is 6.07 Å². The van der Waals surface area contributed by atoms with Gasteiger partial charge in [-0.3, -0.25) is 4.79 Å². The second-order valence-electron chi connectivity index (χ2n) is 7.96. The van der Waals surface area contributed by atoms with Crippen LogP contribution in [0.3, 0.4) is 0 Å². The normalized spacial score (nSPS) is 18.3. The monoisotopic (exact) mass is 441 g/mol. The fourth-order valence-corrected chi connectivity index (χ4v) is 4.89. The lowest BCUT2D eigenvalue weighted by molar-refractivity contribution is 0.0684. The van der Waals surface area contributed by atoms with E-state index in [1.165, 1.54) is 6.26 Å². The minimum absolute atomic E-state index is 0.219. The zero-order valence-electron chi connectivity index (χ0n) is 17.1. The lowest BCUT2D eigenvalue weighted by atomic mass is 10.0. The summed E-state index contributed by atoms with van der Waals surface area (Å²) in [6.45, 7) is 1.56. The van der Waals surface area contributed by atoms with Crippen LogP contribution in [-0.2, 0) is 34.1 Å². The fourth-order valence-electron chi connectivity index (χ4n) is 4.23. The molecule has 2 aliphatic heterocycles. The maximum atomic E-state index is 13.0. The summed E-state index contributed by atoms with van der Waals surface area (Å²) < 4.78 is 33.3. The number of imidazole rings is 1. The Kier molecular flexibility index (Phi) is 4.90. The van der Waals surface area contributed by atoms with Gasteiger partial charge in [0.25, 0.3) is 5.91 Å². The Labute approximate surface area is 180 Å². The van der Waals surface area contributed by atoms with E-state index in [1.807, 2.05) is 4.57 Å². The largest absolute Gasteiger partial charge is 0.373 e. The van der Waals surface area contributed by atoms with Crippen LogP contribution in [0.2, 0.25) is 0 Å². The Morgan fingerprint density at radius 3 is 2.97 bits per heavy atom. The summed E-state index contributed by atoms with van der Waals surface area (Å²) in [7, 11) is -3.34. The Balaban J connectivity index is 1.43. The van der Waals surface area contributed by atoms with Gasteiger partial charge in [0.15, 0.2) is 9.84 Å². The van der Waals surface area contributed by atoms with Crippen molar-refractivity contribution in [1.29, 1.82) is 0 Å². The number of aromatic nitrogens is 4. The molecule has 0 bridgehead atoms. The van der Waals surface area contributed by atoms with Gasteiger partial charge in [-0.15, -0.1) is 0 Å². The molecule has 0 fully saturated rings. The highest BCUT2D eigenvalue weighted by molar-refractivity contribution is 7.90. The van der Waals surface area contributed by atoms with Crippen molar-refractivity contribution in [1.82, 2.24) is 24.6 Å². The number of benzene rings is 1. The Morgan fingerprint density at radius 2 is 2.13 bits per heavy atom. The van der Waals surface area contributed by atoms with Crippen LogP contribution in [0.25, 0.3) is 5.69 Å². The predicted octanol–water partition coefficient (Wildman–Crippen LogP) is 1.81.